The zero-order chi connectivity index (χ0) is 24.2. The summed E-state index contributed by atoms with van der Waals surface area (Å²) in [6.07, 6.45) is 0. The maximum absolute atomic E-state index is 12.5. The van der Waals surface area contributed by atoms with Gasteiger partial charge in [0.15, 0.2) is 0 Å². The van der Waals surface area contributed by atoms with Crippen LogP contribution in [0.3, 0.4) is 0 Å². The summed E-state index contributed by atoms with van der Waals surface area (Å²) < 4.78 is 27.5. The molecule has 0 atom stereocenters. The van der Waals surface area contributed by atoms with E-state index in [1.54, 1.807) is 24.3 Å². The smallest absolute Gasteiger partial charge is 0.261 e. The lowest BCUT2D eigenvalue weighted by Gasteiger charge is -2.13. The first kappa shape index (κ1) is 24.3. The normalized spacial score (nSPS) is 11.0. The number of amides is 2. The molecule has 0 bridgehead atoms. The Kier molecular flexibility index (Phi) is 7.40. The highest BCUT2D eigenvalue weighted by Crippen LogP contribution is 2.22. The molecule has 0 heterocycles. The number of hydrogen-bond donors (Lipinski definition) is 3. The highest BCUT2D eigenvalue weighted by Gasteiger charge is 2.16. The lowest BCUT2D eigenvalue weighted by Crippen LogP contribution is -2.33. The molecule has 0 spiro atoms. The number of nitrogens with one attached hydrogen (secondary N) is 3. The molecule has 2 amide bonds. The van der Waals surface area contributed by atoms with Gasteiger partial charge in [-0.05, 0) is 80.4 Å². The van der Waals surface area contributed by atoms with Gasteiger partial charge in [-0.25, -0.2) is 8.42 Å². The molecule has 3 aromatic carbocycles. The van der Waals surface area contributed by atoms with Crippen molar-refractivity contribution in [3.05, 3.63) is 87.9 Å². The highest BCUT2D eigenvalue weighted by atomic mass is 35.5. The predicted octanol–water partition coefficient (Wildman–Crippen LogP) is 4.43. The van der Waals surface area contributed by atoms with Gasteiger partial charge >= 0.3 is 0 Å². The van der Waals surface area contributed by atoms with Gasteiger partial charge in [-0.1, -0.05) is 29.3 Å². The first-order valence-electron chi connectivity index (χ1n) is 10.1. The number of rotatable bonds is 7. The van der Waals surface area contributed by atoms with Crippen molar-refractivity contribution < 1.29 is 18.0 Å². The molecule has 0 radical (unpaired) electrons. The number of benzene rings is 3. The predicted molar refractivity (Wildman–Crippen MR) is 130 cm³/mol. The van der Waals surface area contributed by atoms with Crippen molar-refractivity contribution in [1.82, 2.24) is 5.32 Å². The van der Waals surface area contributed by atoms with Crippen molar-refractivity contribution >= 4 is 44.8 Å². The molecule has 0 unspecified atom stereocenters. The topological polar surface area (TPSA) is 104 Å². The summed E-state index contributed by atoms with van der Waals surface area (Å²) >= 11 is 5.81. The Hall–Kier alpha value is -3.36. The molecule has 0 saturated carbocycles. The Morgan fingerprint density at radius 3 is 2.03 bits per heavy atom. The summed E-state index contributed by atoms with van der Waals surface area (Å²) in [5.41, 5.74) is 4.31. The van der Waals surface area contributed by atoms with E-state index in [2.05, 4.69) is 15.4 Å². The third kappa shape index (κ3) is 6.34. The molecule has 0 aliphatic carbocycles. The Balaban J connectivity index is 1.60. The van der Waals surface area contributed by atoms with Gasteiger partial charge in [0.2, 0.25) is 5.91 Å². The molecule has 3 rings (SSSR count). The van der Waals surface area contributed by atoms with Gasteiger partial charge in [0, 0.05) is 22.0 Å². The fraction of sp³-hybridized carbons (Fsp3) is 0.167. The van der Waals surface area contributed by atoms with E-state index in [9.17, 15) is 18.0 Å². The number of hydrogen-bond acceptors (Lipinski definition) is 4. The molecular weight excluding hydrogens is 462 g/mol. The zero-order valence-corrected chi connectivity index (χ0v) is 20.0. The van der Waals surface area contributed by atoms with E-state index in [0.717, 1.165) is 22.4 Å². The number of carbonyl (C=O) groups excluding carboxylic acids is 2. The van der Waals surface area contributed by atoms with Crippen LogP contribution in [0.5, 0.6) is 0 Å². The van der Waals surface area contributed by atoms with Gasteiger partial charge in [0.25, 0.3) is 15.9 Å². The zero-order valence-electron chi connectivity index (χ0n) is 18.4. The number of sulfonamides is 1. The Morgan fingerprint density at radius 1 is 0.879 bits per heavy atom. The van der Waals surface area contributed by atoms with Crippen LogP contribution in [0.4, 0.5) is 11.4 Å². The lowest BCUT2D eigenvalue weighted by atomic mass is 10.1. The van der Waals surface area contributed by atoms with Crippen LogP contribution in [0.25, 0.3) is 0 Å². The van der Waals surface area contributed by atoms with Crippen molar-refractivity contribution in [3.63, 3.8) is 0 Å². The average molecular weight is 486 g/mol. The molecule has 0 aliphatic heterocycles. The second-order valence-corrected chi connectivity index (χ2v) is 9.76. The summed E-state index contributed by atoms with van der Waals surface area (Å²) in [5.74, 6) is -0.845. The standard InChI is InChI=1S/C24H24ClN3O4S/c1-15-12-16(2)23(17(3)13-15)27-22(29)14-26-24(30)18-4-10-21(11-5-18)33(31,32)28-20-8-6-19(25)7-9-20/h4-13,28H,14H2,1-3H3,(H,26,30)(H,27,29). The maximum Gasteiger partial charge on any atom is 0.261 e. The van der Waals surface area contributed by atoms with E-state index in [1.165, 1.54) is 24.3 Å². The molecule has 7 nitrogen and oxygen atoms in total. The fourth-order valence-electron chi connectivity index (χ4n) is 3.34. The summed E-state index contributed by atoms with van der Waals surface area (Å²) in [6.45, 7) is 5.58. The van der Waals surface area contributed by atoms with Crippen LogP contribution in [0.1, 0.15) is 27.0 Å². The maximum atomic E-state index is 12.5. The van der Waals surface area contributed by atoms with Crippen LogP contribution in [-0.2, 0) is 14.8 Å². The Morgan fingerprint density at radius 2 is 1.45 bits per heavy atom. The number of anilines is 2. The number of aryl methyl sites for hydroxylation is 3. The SMILES string of the molecule is Cc1cc(C)c(NC(=O)CNC(=O)c2ccc(S(=O)(=O)Nc3ccc(Cl)cc3)cc2)c(C)c1. The van der Waals surface area contributed by atoms with Crippen molar-refractivity contribution in [2.24, 2.45) is 0 Å². The minimum atomic E-state index is -3.83. The molecular formula is C24H24ClN3O4S. The van der Waals surface area contributed by atoms with E-state index in [4.69, 9.17) is 11.6 Å². The quantitative estimate of drug-likeness (QED) is 0.460. The van der Waals surface area contributed by atoms with Gasteiger partial charge in [0.05, 0.1) is 11.4 Å². The summed E-state index contributed by atoms with van der Waals surface area (Å²) in [7, 11) is -3.83. The number of halogens is 1. The van der Waals surface area contributed by atoms with Gasteiger partial charge in [-0.3, -0.25) is 14.3 Å². The van der Waals surface area contributed by atoms with E-state index >= 15 is 0 Å². The fourth-order valence-corrected chi connectivity index (χ4v) is 4.53. The first-order chi connectivity index (χ1) is 15.5. The molecule has 172 valence electrons. The Labute approximate surface area is 198 Å². The average Bonchev–Trinajstić information content (AvgIpc) is 2.76. The van der Waals surface area contributed by atoms with Crippen LogP contribution in [0.15, 0.2) is 65.6 Å². The molecule has 0 aliphatic rings. The lowest BCUT2D eigenvalue weighted by molar-refractivity contribution is -0.115. The second-order valence-electron chi connectivity index (χ2n) is 7.64. The minimum absolute atomic E-state index is 0.00272. The van der Waals surface area contributed by atoms with Crippen LogP contribution in [-0.4, -0.2) is 26.8 Å². The molecule has 0 saturated heterocycles. The summed E-state index contributed by atoms with van der Waals surface area (Å²) in [4.78, 5) is 24.7. The minimum Gasteiger partial charge on any atom is -0.343 e. The monoisotopic (exact) mass is 485 g/mol. The van der Waals surface area contributed by atoms with E-state index in [-0.39, 0.29) is 22.9 Å². The molecule has 9 heteroatoms. The van der Waals surface area contributed by atoms with Crippen LogP contribution in [0.2, 0.25) is 5.02 Å². The second kappa shape index (κ2) is 10.1. The third-order valence-electron chi connectivity index (χ3n) is 4.87. The van der Waals surface area contributed by atoms with Gasteiger partial charge in [0.1, 0.15) is 0 Å². The molecule has 0 fully saturated rings. The van der Waals surface area contributed by atoms with Crippen LogP contribution >= 0.6 is 11.6 Å². The molecule has 3 aromatic rings. The molecule has 33 heavy (non-hydrogen) atoms. The van der Waals surface area contributed by atoms with Crippen molar-refractivity contribution in [2.45, 2.75) is 25.7 Å². The van der Waals surface area contributed by atoms with Gasteiger partial charge in [-0.15, -0.1) is 0 Å². The number of carbonyl (C=O) groups is 2. The summed E-state index contributed by atoms with van der Waals surface area (Å²) in [6, 6.07) is 15.6. The molecule has 0 aromatic heterocycles. The van der Waals surface area contributed by atoms with E-state index in [0.29, 0.717) is 10.7 Å². The summed E-state index contributed by atoms with van der Waals surface area (Å²) in [5, 5.41) is 5.85. The largest absolute Gasteiger partial charge is 0.343 e. The first-order valence-corrected chi connectivity index (χ1v) is 12.0. The van der Waals surface area contributed by atoms with Crippen molar-refractivity contribution in [3.8, 4) is 0 Å². The van der Waals surface area contributed by atoms with Crippen LogP contribution < -0.4 is 15.4 Å². The molecule has 3 N–H and O–H groups in total. The van der Waals surface area contributed by atoms with Crippen molar-refractivity contribution in [1.29, 1.82) is 0 Å². The van der Waals surface area contributed by atoms with Crippen LogP contribution in [0, 0.1) is 20.8 Å². The van der Waals surface area contributed by atoms with Crippen molar-refractivity contribution in [2.75, 3.05) is 16.6 Å². The third-order valence-corrected chi connectivity index (χ3v) is 6.52. The van der Waals surface area contributed by atoms with Gasteiger partial charge in [-0.2, -0.15) is 0 Å². The van der Waals surface area contributed by atoms with E-state index in [1.807, 2.05) is 32.9 Å². The Bertz CT molecular complexity index is 1270. The highest BCUT2D eigenvalue weighted by molar-refractivity contribution is 7.92. The van der Waals surface area contributed by atoms with Gasteiger partial charge < -0.3 is 10.6 Å². The van der Waals surface area contributed by atoms with E-state index < -0.39 is 15.9 Å².